The predicted molar refractivity (Wildman–Crippen MR) is 134 cm³/mol. The van der Waals surface area contributed by atoms with E-state index in [0.29, 0.717) is 17.5 Å². The number of Topliss-reactive ketones (excluding diaryl/α,β-unsaturated/α-hetero) is 1. The first-order chi connectivity index (χ1) is 18.7. The Kier molecular flexibility index (Phi) is 6.41. The van der Waals surface area contributed by atoms with Crippen LogP contribution < -0.4 is 10.5 Å². The lowest BCUT2D eigenvalue weighted by Crippen LogP contribution is -2.44. The van der Waals surface area contributed by atoms with E-state index in [1.807, 2.05) is 0 Å². The highest BCUT2D eigenvalue weighted by Crippen LogP contribution is 2.49. The van der Waals surface area contributed by atoms with Crippen LogP contribution in [0.4, 0.5) is 17.6 Å². The zero-order valence-corrected chi connectivity index (χ0v) is 21.3. The molecule has 2 aromatic heterocycles. The first kappa shape index (κ1) is 27.3. The predicted octanol–water partition coefficient (Wildman–Crippen LogP) is 4.96. The molecule has 3 N–H and O–H groups in total. The van der Waals surface area contributed by atoms with E-state index in [-0.39, 0.29) is 28.2 Å². The molecular formula is C28H23F4N3O5. The summed E-state index contributed by atoms with van der Waals surface area (Å²) in [7, 11) is 0. The number of hydrogen-bond acceptors (Lipinski definition) is 7. The molecule has 1 aliphatic rings. The van der Waals surface area contributed by atoms with Crippen LogP contribution in [0.25, 0.3) is 22.4 Å². The summed E-state index contributed by atoms with van der Waals surface area (Å²) in [4.78, 5) is 33.1. The van der Waals surface area contributed by atoms with Crippen molar-refractivity contribution in [1.82, 2.24) is 9.97 Å². The second-order valence-electron chi connectivity index (χ2n) is 9.75. The van der Waals surface area contributed by atoms with Crippen molar-refractivity contribution in [3.8, 4) is 17.0 Å². The first-order valence-corrected chi connectivity index (χ1v) is 12.2. The molecule has 2 atom stereocenters. The van der Waals surface area contributed by atoms with E-state index in [9.17, 15) is 27.9 Å². The number of ether oxygens (including phenoxy) is 1. The van der Waals surface area contributed by atoms with Crippen molar-refractivity contribution in [2.45, 2.75) is 44.1 Å². The third kappa shape index (κ3) is 4.47. The van der Waals surface area contributed by atoms with Gasteiger partial charge in [-0.05, 0) is 37.6 Å². The van der Waals surface area contributed by atoms with Crippen LogP contribution >= 0.6 is 0 Å². The van der Waals surface area contributed by atoms with Gasteiger partial charge < -0.3 is 20.0 Å². The van der Waals surface area contributed by atoms with Crippen molar-refractivity contribution in [2.24, 2.45) is 5.73 Å². The topological polar surface area (TPSA) is 129 Å². The quantitative estimate of drug-likeness (QED) is 0.243. The molecule has 8 nitrogen and oxygen atoms in total. The van der Waals surface area contributed by atoms with Crippen LogP contribution in [0.3, 0.4) is 0 Å². The molecular weight excluding hydrogens is 534 g/mol. The number of aryl methyl sites for hydroxylation is 2. The highest BCUT2D eigenvalue weighted by Gasteiger charge is 2.58. The summed E-state index contributed by atoms with van der Waals surface area (Å²) in [6, 6.07) is 11.3. The maximum atomic E-state index is 15.7. The average molecular weight is 558 g/mol. The molecule has 0 unspecified atom stereocenters. The number of aromatic nitrogens is 2. The van der Waals surface area contributed by atoms with E-state index < -0.39 is 59.8 Å². The van der Waals surface area contributed by atoms with E-state index in [1.165, 1.54) is 30.3 Å². The normalized spacial score (nSPS) is 18.3. The maximum absolute atomic E-state index is 15.7. The van der Waals surface area contributed by atoms with E-state index in [1.54, 1.807) is 26.0 Å². The Morgan fingerprint density at radius 3 is 2.42 bits per heavy atom. The smallest absolute Gasteiger partial charge is 0.422 e. The molecule has 0 saturated heterocycles. The van der Waals surface area contributed by atoms with Crippen LogP contribution in [0.15, 0.2) is 52.9 Å². The Morgan fingerprint density at radius 2 is 1.77 bits per heavy atom. The van der Waals surface area contributed by atoms with Crippen molar-refractivity contribution in [2.75, 3.05) is 6.61 Å². The minimum absolute atomic E-state index is 0.0559. The molecule has 0 fully saturated rings. The highest BCUT2D eigenvalue weighted by atomic mass is 19.4. The number of oxazole rings is 1. The second-order valence-corrected chi connectivity index (χ2v) is 9.75. The lowest BCUT2D eigenvalue weighted by atomic mass is 9.86. The molecule has 5 rings (SSSR count). The van der Waals surface area contributed by atoms with Crippen molar-refractivity contribution in [1.29, 1.82) is 0 Å². The van der Waals surface area contributed by atoms with Gasteiger partial charge in [0.1, 0.15) is 17.8 Å². The van der Waals surface area contributed by atoms with Gasteiger partial charge in [-0.15, -0.1) is 0 Å². The Balaban J connectivity index is 1.58. The summed E-state index contributed by atoms with van der Waals surface area (Å²) in [6.07, 6.45) is -7.23. The number of aliphatic hydroxyl groups is 1. The summed E-state index contributed by atoms with van der Waals surface area (Å²) < 4.78 is 69.9. The summed E-state index contributed by atoms with van der Waals surface area (Å²) in [5.74, 6) is -2.09. The number of ketones is 1. The van der Waals surface area contributed by atoms with Gasteiger partial charge in [-0.2, -0.15) is 13.2 Å². The van der Waals surface area contributed by atoms with Crippen LogP contribution in [0.5, 0.6) is 5.75 Å². The number of hydrogen-bond donors (Lipinski definition) is 2. The van der Waals surface area contributed by atoms with Gasteiger partial charge in [0.15, 0.2) is 23.0 Å². The number of carbonyl (C=O) groups is 2. The number of fused-ring (bicyclic) bond motifs is 2. The SMILES string of the molecule is Cc1ccc(-c2nc([C@@](O)(CCC(=O)c3ccc4nc(C)oc4c3)C(F)(F)F)cc3c2OC[C@]3(F)C(N)=O)cc1. The van der Waals surface area contributed by atoms with E-state index in [2.05, 4.69) is 9.97 Å². The fourth-order valence-corrected chi connectivity index (χ4v) is 4.61. The molecule has 0 radical (unpaired) electrons. The number of alkyl halides is 4. The number of pyridine rings is 1. The molecule has 40 heavy (non-hydrogen) atoms. The standard InChI is InChI=1S/C28H23F4N3O5/c1-14-3-5-16(6-4-14)23-24-18(26(29,13-39-24)25(33)37)12-22(35-23)27(38,28(30,31)32)10-9-20(36)17-7-8-19-21(11-17)40-15(2)34-19/h3-8,11-12,38H,9-10,13H2,1-2H3,(H2,33,37)/t26-,27+/m1/s1. The van der Waals surface area contributed by atoms with Crippen LogP contribution in [0.1, 0.15) is 45.9 Å². The fraction of sp³-hybridized carbons (Fsp3) is 0.286. The molecule has 3 heterocycles. The lowest BCUT2D eigenvalue weighted by Gasteiger charge is -2.31. The number of benzene rings is 2. The Hall–Kier alpha value is -4.32. The van der Waals surface area contributed by atoms with Gasteiger partial charge in [0, 0.05) is 30.0 Å². The lowest BCUT2D eigenvalue weighted by molar-refractivity contribution is -0.270. The average Bonchev–Trinajstić information content (AvgIpc) is 3.45. The summed E-state index contributed by atoms with van der Waals surface area (Å²) in [5, 5.41) is 11.1. The molecule has 0 aliphatic carbocycles. The van der Waals surface area contributed by atoms with Gasteiger partial charge >= 0.3 is 6.18 Å². The van der Waals surface area contributed by atoms with Crippen molar-refractivity contribution >= 4 is 22.8 Å². The monoisotopic (exact) mass is 557 g/mol. The van der Waals surface area contributed by atoms with Gasteiger partial charge in [-0.3, -0.25) is 9.59 Å². The van der Waals surface area contributed by atoms with Crippen molar-refractivity contribution < 1.29 is 41.4 Å². The number of rotatable bonds is 7. The third-order valence-electron chi connectivity index (χ3n) is 6.95. The van der Waals surface area contributed by atoms with Gasteiger partial charge in [-0.25, -0.2) is 14.4 Å². The molecule has 208 valence electrons. The van der Waals surface area contributed by atoms with Crippen molar-refractivity contribution in [3.63, 3.8) is 0 Å². The second kappa shape index (κ2) is 9.40. The molecule has 0 saturated carbocycles. The highest BCUT2D eigenvalue weighted by molar-refractivity contribution is 5.98. The molecule has 0 bridgehead atoms. The number of carbonyl (C=O) groups excluding carboxylic acids is 2. The van der Waals surface area contributed by atoms with Crippen molar-refractivity contribution in [3.05, 3.63) is 76.8 Å². The zero-order valence-electron chi connectivity index (χ0n) is 21.3. The number of nitrogens with two attached hydrogens (primary N) is 1. The van der Waals surface area contributed by atoms with Crippen LogP contribution in [-0.4, -0.2) is 39.5 Å². The van der Waals surface area contributed by atoms with Gasteiger partial charge in [-0.1, -0.05) is 29.8 Å². The number of halogens is 4. The number of nitrogens with zero attached hydrogens (tertiary/aromatic N) is 2. The molecule has 1 amide bonds. The summed E-state index contributed by atoms with van der Waals surface area (Å²) in [6.45, 7) is 2.53. The van der Waals surface area contributed by atoms with Crippen LogP contribution in [-0.2, 0) is 16.1 Å². The van der Waals surface area contributed by atoms with E-state index in [4.69, 9.17) is 14.9 Å². The van der Waals surface area contributed by atoms with E-state index in [0.717, 1.165) is 5.56 Å². The molecule has 12 heteroatoms. The Bertz CT molecular complexity index is 1650. The largest absolute Gasteiger partial charge is 0.487 e. The molecule has 2 aromatic carbocycles. The van der Waals surface area contributed by atoms with E-state index >= 15 is 4.39 Å². The Morgan fingerprint density at radius 1 is 1.07 bits per heavy atom. The Labute approximate surface area is 224 Å². The maximum Gasteiger partial charge on any atom is 0.422 e. The third-order valence-corrected chi connectivity index (χ3v) is 6.95. The molecule has 0 spiro atoms. The van der Waals surface area contributed by atoms with Crippen LogP contribution in [0, 0.1) is 13.8 Å². The molecule has 4 aromatic rings. The zero-order chi connectivity index (χ0) is 29.0. The minimum atomic E-state index is -5.34. The van der Waals surface area contributed by atoms with Gasteiger partial charge in [0.2, 0.25) is 5.60 Å². The van der Waals surface area contributed by atoms with Crippen LogP contribution in [0.2, 0.25) is 0 Å². The number of amides is 1. The van der Waals surface area contributed by atoms with Gasteiger partial charge in [0.25, 0.3) is 11.6 Å². The minimum Gasteiger partial charge on any atom is -0.487 e. The van der Waals surface area contributed by atoms with Gasteiger partial charge in [0.05, 0.1) is 5.69 Å². The number of primary amides is 1. The first-order valence-electron chi connectivity index (χ1n) is 12.2. The summed E-state index contributed by atoms with van der Waals surface area (Å²) in [5.41, 5.74) is -1.30. The molecule has 1 aliphatic heterocycles. The summed E-state index contributed by atoms with van der Waals surface area (Å²) >= 11 is 0. The fourth-order valence-electron chi connectivity index (χ4n) is 4.61.